The lowest BCUT2D eigenvalue weighted by atomic mass is 10.3. The monoisotopic (exact) mass is 408 g/mol. The molecule has 0 saturated carbocycles. The van der Waals surface area contributed by atoms with Crippen molar-refractivity contribution in [2.24, 2.45) is 0 Å². The van der Waals surface area contributed by atoms with Crippen LogP contribution in [0.25, 0.3) is 19.5 Å². The second-order valence-electron chi connectivity index (χ2n) is 4.35. The molecule has 3 aromatic rings. The predicted octanol–water partition coefficient (Wildman–Crippen LogP) is 3.70. The predicted molar refractivity (Wildman–Crippen MR) is 90.6 cm³/mol. The topological polar surface area (TPSA) is 109 Å². The fraction of sp³-hybridized carbons (Fsp3) is 0. The third-order valence-electron chi connectivity index (χ3n) is 2.76. The fourth-order valence-corrected chi connectivity index (χ4v) is 6.31. The van der Waals surface area contributed by atoms with Crippen molar-refractivity contribution < 1.29 is 25.9 Å². The lowest BCUT2D eigenvalue weighted by Crippen LogP contribution is -1.92. The Kier molecular flexibility index (Phi) is 4.21. The summed E-state index contributed by atoms with van der Waals surface area (Å²) < 4.78 is 62.1. The van der Waals surface area contributed by atoms with E-state index in [1.54, 1.807) is 24.3 Å². The quantitative estimate of drug-likeness (QED) is 0.637. The van der Waals surface area contributed by atoms with Crippen LogP contribution in [0, 0.1) is 0 Å². The van der Waals surface area contributed by atoms with Gasteiger partial charge in [-0.15, -0.1) is 34.0 Å². The van der Waals surface area contributed by atoms with Crippen LogP contribution in [-0.4, -0.2) is 25.9 Å². The van der Waals surface area contributed by atoms with Crippen molar-refractivity contribution in [2.75, 3.05) is 0 Å². The molecule has 0 bridgehead atoms. The third kappa shape index (κ3) is 3.55. The number of hydrogen-bond acceptors (Lipinski definition) is 7. The first-order valence-corrected chi connectivity index (χ1v) is 11.2. The van der Waals surface area contributed by atoms with Crippen LogP contribution in [0.15, 0.2) is 44.8 Å². The summed E-state index contributed by atoms with van der Waals surface area (Å²) in [6.45, 7) is 0. The molecule has 6 nitrogen and oxygen atoms in total. The van der Waals surface area contributed by atoms with Crippen LogP contribution in [0.3, 0.4) is 0 Å². The van der Waals surface area contributed by atoms with Gasteiger partial charge in [0, 0.05) is 19.5 Å². The van der Waals surface area contributed by atoms with Crippen molar-refractivity contribution in [1.29, 1.82) is 0 Å². The average Bonchev–Trinajstić information content (AvgIpc) is 3.17. The van der Waals surface area contributed by atoms with E-state index in [1.807, 2.05) is 0 Å². The van der Waals surface area contributed by atoms with Crippen LogP contribution in [-0.2, 0) is 20.2 Å². The molecule has 122 valence electrons. The Morgan fingerprint density at radius 1 is 0.565 bits per heavy atom. The van der Waals surface area contributed by atoms with E-state index in [0.717, 1.165) is 32.4 Å². The molecule has 0 aromatic carbocycles. The molecule has 0 aliphatic rings. The maximum absolute atomic E-state index is 11.1. The highest BCUT2D eigenvalue weighted by Gasteiger charge is 2.17. The normalized spacial score (nSPS) is 12.6. The van der Waals surface area contributed by atoms with E-state index in [4.69, 9.17) is 9.11 Å². The maximum atomic E-state index is 11.1. The molecule has 3 aromatic heterocycles. The van der Waals surface area contributed by atoms with Gasteiger partial charge in [-0.1, -0.05) is 0 Å². The number of rotatable bonds is 4. The maximum Gasteiger partial charge on any atom is 0.304 e. The van der Waals surface area contributed by atoms with Crippen molar-refractivity contribution in [3.63, 3.8) is 0 Å². The van der Waals surface area contributed by atoms with Crippen LogP contribution < -0.4 is 0 Å². The summed E-state index contributed by atoms with van der Waals surface area (Å²) in [6, 6.07) is 9.42. The van der Waals surface area contributed by atoms with Gasteiger partial charge < -0.3 is 0 Å². The van der Waals surface area contributed by atoms with Gasteiger partial charge in [-0.25, -0.2) is 0 Å². The van der Waals surface area contributed by atoms with Crippen LogP contribution in [0.4, 0.5) is 0 Å². The molecule has 3 rings (SSSR count). The van der Waals surface area contributed by atoms with Crippen molar-refractivity contribution in [1.82, 2.24) is 0 Å². The molecule has 0 atom stereocenters. The van der Waals surface area contributed by atoms with E-state index in [0.29, 0.717) is 9.75 Å². The highest BCUT2D eigenvalue weighted by molar-refractivity contribution is 7.88. The van der Waals surface area contributed by atoms with Crippen molar-refractivity contribution in [3.05, 3.63) is 36.4 Å². The van der Waals surface area contributed by atoms with Gasteiger partial charge in [0.2, 0.25) is 0 Å². The third-order valence-corrected chi connectivity index (χ3v) is 9.05. The van der Waals surface area contributed by atoms with Gasteiger partial charge in [0.1, 0.15) is 8.42 Å². The molecule has 0 radical (unpaired) electrons. The van der Waals surface area contributed by atoms with E-state index in [2.05, 4.69) is 0 Å². The van der Waals surface area contributed by atoms with Crippen LogP contribution in [0.5, 0.6) is 0 Å². The zero-order chi connectivity index (χ0) is 16.8. The Bertz CT molecular complexity index is 982. The molecule has 11 heteroatoms. The Morgan fingerprint density at radius 3 is 1.17 bits per heavy atom. The van der Waals surface area contributed by atoms with Crippen molar-refractivity contribution in [3.8, 4) is 19.5 Å². The standard InChI is InChI=1S/C12H8O6S5/c13-22(14,15)11-5-3-9(20-11)7-1-2-8(19-7)10-4-6-12(21-10)23(16,17)18/h1-6H,(H,13,14,15)(H,16,17,18). The summed E-state index contributed by atoms with van der Waals surface area (Å²) in [6.07, 6.45) is 0. The lowest BCUT2D eigenvalue weighted by molar-refractivity contribution is 0.483. The van der Waals surface area contributed by atoms with Gasteiger partial charge in [-0.3, -0.25) is 9.11 Å². The molecule has 0 spiro atoms. The number of thiophene rings is 3. The second kappa shape index (κ2) is 5.77. The smallest absolute Gasteiger partial charge is 0.281 e. The van der Waals surface area contributed by atoms with Crippen LogP contribution in [0.2, 0.25) is 0 Å². The summed E-state index contributed by atoms with van der Waals surface area (Å²) in [7, 11) is -8.44. The minimum atomic E-state index is -4.22. The van der Waals surface area contributed by atoms with Crippen LogP contribution >= 0.6 is 34.0 Å². The van der Waals surface area contributed by atoms with Gasteiger partial charge in [-0.05, 0) is 36.4 Å². The van der Waals surface area contributed by atoms with E-state index in [-0.39, 0.29) is 8.42 Å². The van der Waals surface area contributed by atoms with Gasteiger partial charge in [-0.2, -0.15) is 16.8 Å². The molecule has 0 saturated heterocycles. The summed E-state index contributed by atoms with van der Waals surface area (Å²) in [4.78, 5) is 2.95. The van der Waals surface area contributed by atoms with Crippen LogP contribution in [0.1, 0.15) is 0 Å². The molecule has 3 heterocycles. The Labute approximate surface area is 144 Å². The molecule has 0 fully saturated rings. The second-order valence-corrected chi connectivity index (χ2v) is 10.9. The van der Waals surface area contributed by atoms with Crippen molar-refractivity contribution in [2.45, 2.75) is 8.42 Å². The molecule has 23 heavy (non-hydrogen) atoms. The first kappa shape index (κ1) is 16.8. The molecular weight excluding hydrogens is 400 g/mol. The summed E-state index contributed by atoms with van der Waals surface area (Å²) in [5.74, 6) is 0. The Morgan fingerprint density at radius 2 is 0.870 bits per heavy atom. The molecule has 0 aliphatic carbocycles. The zero-order valence-corrected chi connectivity index (χ0v) is 15.1. The highest BCUT2D eigenvalue weighted by atomic mass is 32.3. The largest absolute Gasteiger partial charge is 0.304 e. The number of hydrogen-bond donors (Lipinski definition) is 2. The SMILES string of the molecule is O=S(=O)(O)c1ccc(-c2ccc(-c3ccc(S(=O)(=O)O)s3)s2)s1. The van der Waals surface area contributed by atoms with E-state index in [1.165, 1.54) is 23.5 Å². The van der Waals surface area contributed by atoms with E-state index in [9.17, 15) is 16.8 Å². The summed E-state index contributed by atoms with van der Waals surface area (Å²) in [5.41, 5.74) is 0. The molecular formula is C12H8O6S5. The zero-order valence-electron chi connectivity index (χ0n) is 11.0. The minimum absolute atomic E-state index is 0.132. The highest BCUT2D eigenvalue weighted by Crippen LogP contribution is 2.41. The van der Waals surface area contributed by atoms with Crippen molar-refractivity contribution >= 4 is 54.2 Å². The lowest BCUT2D eigenvalue weighted by Gasteiger charge is -1.91. The molecule has 0 aliphatic heterocycles. The Hall–Kier alpha value is -1.08. The summed E-state index contributed by atoms with van der Waals surface area (Å²) in [5, 5.41) is 0. The molecule has 2 N–H and O–H groups in total. The molecule has 0 amide bonds. The molecule has 0 unspecified atom stereocenters. The fourth-order valence-electron chi connectivity index (χ4n) is 1.79. The van der Waals surface area contributed by atoms with E-state index >= 15 is 0 Å². The van der Waals surface area contributed by atoms with Gasteiger partial charge in [0.25, 0.3) is 0 Å². The van der Waals surface area contributed by atoms with Gasteiger partial charge in [0.15, 0.2) is 0 Å². The minimum Gasteiger partial charge on any atom is -0.281 e. The summed E-state index contributed by atoms with van der Waals surface area (Å²) >= 11 is 3.26. The van der Waals surface area contributed by atoms with Gasteiger partial charge in [0.05, 0.1) is 0 Å². The van der Waals surface area contributed by atoms with E-state index < -0.39 is 20.2 Å². The van der Waals surface area contributed by atoms with Gasteiger partial charge >= 0.3 is 20.2 Å². The average molecular weight is 409 g/mol. The first-order valence-electron chi connectivity index (χ1n) is 5.90. The first-order chi connectivity index (χ1) is 10.6. The Balaban J connectivity index is 1.95.